The van der Waals surface area contributed by atoms with Gasteiger partial charge in [0.1, 0.15) is 16.8 Å². The molecule has 0 aromatic heterocycles. The standard InChI is InChI=1S/C14H9Cl2F3NO5P/c1-7-4-9(6-12(26(16,23)24)13(7)20(21)22)25-11-3-2-8(5-10(11)15)14(17,18)19/h2-6H,1H3,(H,23,24). The minimum Gasteiger partial charge on any atom is -0.456 e. The van der Waals surface area contributed by atoms with Gasteiger partial charge in [0.25, 0.3) is 5.69 Å². The van der Waals surface area contributed by atoms with E-state index in [4.69, 9.17) is 27.6 Å². The third kappa shape index (κ3) is 4.48. The highest BCUT2D eigenvalue weighted by Crippen LogP contribution is 2.49. The largest absolute Gasteiger partial charge is 0.456 e. The molecule has 0 amide bonds. The van der Waals surface area contributed by atoms with Gasteiger partial charge >= 0.3 is 12.9 Å². The molecule has 0 radical (unpaired) electrons. The fourth-order valence-electron chi connectivity index (χ4n) is 2.12. The Hall–Kier alpha value is -1.80. The second kappa shape index (κ2) is 7.08. The molecular weight excluding hydrogens is 421 g/mol. The molecule has 0 aliphatic carbocycles. The van der Waals surface area contributed by atoms with Crippen LogP contribution in [0, 0.1) is 17.0 Å². The smallest absolute Gasteiger partial charge is 0.416 e. The lowest BCUT2D eigenvalue weighted by molar-refractivity contribution is -0.384. The number of hydrogen-bond donors (Lipinski definition) is 1. The summed E-state index contributed by atoms with van der Waals surface area (Å²) in [7, 11) is 0. The van der Waals surface area contributed by atoms with Gasteiger partial charge in [-0.1, -0.05) is 11.6 Å². The Labute approximate surface area is 154 Å². The molecule has 2 rings (SSSR count). The lowest BCUT2D eigenvalue weighted by Crippen LogP contribution is -2.11. The van der Waals surface area contributed by atoms with Crippen LogP contribution in [-0.2, 0) is 10.7 Å². The van der Waals surface area contributed by atoms with Crippen molar-refractivity contribution >= 4 is 40.6 Å². The highest BCUT2D eigenvalue weighted by Gasteiger charge is 2.32. The average molecular weight is 430 g/mol. The van der Waals surface area contributed by atoms with Gasteiger partial charge in [-0.2, -0.15) is 13.2 Å². The van der Waals surface area contributed by atoms with Crippen LogP contribution in [0.1, 0.15) is 11.1 Å². The van der Waals surface area contributed by atoms with Gasteiger partial charge in [-0.3, -0.25) is 14.7 Å². The summed E-state index contributed by atoms with van der Waals surface area (Å²) in [6.07, 6.45) is -4.60. The van der Waals surface area contributed by atoms with Crippen LogP contribution in [-0.4, -0.2) is 9.82 Å². The van der Waals surface area contributed by atoms with Crippen LogP contribution in [0.2, 0.25) is 5.02 Å². The van der Waals surface area contributed by atoms with Crippen molar-refractivity contribution in [2.24, 2.45) is 0 Å². The van der Waals surface area contributed by atoms with Gasteiger partial charge < -0.3 is 9.63 Å². The lowest BCUT2D eigenvalue weighted by atomic mass is 10.2. The van der Waals surface area contributed by atoms with E-state index >= 15 is 0 Å². The van der Waals surface area contributed by atoms with Crippen molar-refractivity contribution in [1.29, 1.82) is 0 Å². The monoisotopic (exact) mass is 429 g/mol. The van der Waals surface area contributed by atoms with Crippen LogP contribution in [0.3, 0.4) is 0 Å². The van der Waals surface area contributed by atoms with Gasteiger partial charge in [0.05, 0.1) is 15.5 Å². The van der Waals surface area contributed by atoms with Gasteiger partial charge in [-0.15, -0.1) is 0 Å². The average Bonchev–Trinajstić information content (AvgIpc) is 2.46. The first kappa shape index (κ1) is 20.5. The maximum atomic E-state index is 12.6. The first-order valence-electron chi connectivity index (χ1n) is 6.67. The van der Waals surface area contributed by atoms with E-state index < -0.39 is 34.4 Å². The maximum absolute atomic E-state index is 12.6. The summed E-state index contributed by atoms with van der Waals surface area (Å²) in [5.41, 5.74) is -1.67. The highest BCUT2D eigenvalue weighted by molar-refractivity contribution is 7.90. The first-order valence-corrected chi connectivity index (χ1v) is 9.61. The second-order valence-corrected chi connectivity index (χ2v) is 8.38. The normalized spacial score (nSPS) is 14.0. The lowest BCUT2D eigenvalue weighted by Gasteiger charge is -2.13. The van der Waals surface area contributed by atoms with E-state index in [1.807, 2.05) is 0 Å². The molecule has 0 spiro atoms. The minimum atomic E-state index is -4.60. The molecule has 1 atom stereocenters. The Morgan fingerprint density at radius 3 is 2.35 bits per heavy atom. The molecule has 0 bridgehead atoms. The molecule has 0 saturated carbocycles. The molecule has 12 heteroatoms. The first-order chi connectivity index (χ1) is 11.8. The number of halogens is 5. The fourth-order valence-corrected chi connectivity index (χ4v) is 3.53. The predicted octanol–water partition coefficient (Wildman–Crippen LogP) is 5.42. The minimum absolute atomic E-state index is 0.0274. The number of rotatable bonds is 4. The molecule has 140 valence electrons. The van der Waals surface area contributed by atoms with Crippen molar-refractivity contribution in [3.8, 4) is 11.5 Å². The van der Waals surface area contributed by atoms with E-state index in [0.717, 1.165) is 18.2 Å². The Morgan fingerprint density at radius 2 is 1.88 bits per heavy atom. The van der Waals surface area contributed by atoms with Crippen LogP contribution in [0.4, 0.5) is 18.9 Å². The van der Waals surface area contributed by atoms with Gasteiger partial charge in [-0.25, -0.2) is 0 Å². The van der Waals surface area contributed by atoms with Crippen molar-refractivity contribution in [3.63, 3.8) is 0 Å². The fraction of sp³-hybridized carbons (Fsp3) is 0.143. The molecule has 0 aliphatic rings. The molecule has 0 heterocycles. The van der Waals surface area contributed by atoms with Gasteiger partial charge in [0.2, 0.25) is 0 Å². The van der Waals surface area contributed by atoms with Crippen LogP contribution >= 0.6 is 29.6 Å². The zero-order valence-electron chi connectivity index (χ0n) is 12.8. The van der Waals surface area contributed by atoms with Crippen molar-refractivity contribution in [3.05, 3.63) is 56.6 Å². The van der Waals surface area contributed by atoms with E-state index in [2.05, 4.69) is 0 Å². The molecule has 2 aromatic rings. The number of nitrogens with zero attached hydrogens (tertiary/aromatic N) is 1. The summed E-state index contributed by atoms with van der Waals surface area (Å²) in [6, 6.07) is 4.38. The number of aryl methyl sites for hydroxylation is 1. The summed E-state index contributed by atoms with van der Waals surface area (Å²) in [5.74, 6) is -0.333. The number of nitro benzene ring substituents is 1. The van der Waals surface area contributed by atoms with Crippen molar-refractivity contribution < 1.29 is 32.3 Å². The Balaban J connectivity index is 2.50. The Kier molecular flexibility index (Phi) is 5.58. The van der Waals surface area contributed by atoms with Crippen LogP contribution < -0.4 is 10.0 Å². The van der Waals surface area contributed by atoms with E-state index in [1.54, 1.807) is 0 Å². The summed E-state index contributed by atoms with van der Waals surface area (Å²) < 4.78 is 55.0. The number of alkyl halides is 3. The summed E-state index contributed by atoms with van der Waals surface area (Å²) in [4.78, 5) is 19.7. The van der Waals surface area contributed by atoms with E-state index in [1.165, 1.54) is 13.0 Å². The third-order valence-corrected chi connectivity index (χ3v) is 5.00. The molecule has 2 aromatic carbocycles. The van der Waals surface area contributed by atoms with Crippen molar-refractivity contribution in [1.82, 2.24) is 0 Å². The van der Waals surface area contributed by atoms with Crippen LogP contribution in [0.5, 0.6) is 11.5 Å². The summed E-state index contributed by atoms with van der Waals surface area (Å²) in [5, 5.41) is 10.1. The number of ether oxygens (including phenoxy) is 1. The molecular formula is C14H9Cl2F3NO5P. The SMILES string of the molecule is Cc1cc(Oc2ccc(C(F)(F)F)cc2Cl)cc(P(=O)(O)Cl)c1[N+](=O)[O-]. The zero-order chi connectivity index (χ0) is 19.9. The quantitative estimate of drug-likeness (QED) is 0.398. The molecule has 6 nitrogen and oxygen atoms in total. The molecule has 26 heavy (non-hydrogen) atoms. The number of nitro groups is 1. The van der Waals surface area contributed by atoms with E-state index in [0.29, 0.717) is 6.07 Å². The summed E-state index contributed by atoms with van der Waals surface area (Å²) >= 11 is 11.1. The van der Waals surface area contributed by atoms with Gasteiger partial charge in [-0.05, 0) is 42.4 Å². The van der Waals surface area contributed by atoms with E-state index in [9.17, 15) is 32.7 Å². The Bertz CT molecular complexity index is 930. The predicted molar refractivity (Wildman–Crippen MR) is 89.7 cm³/mol. The molecule has 1 N–H and O–H groups in total. The number of hydrogen-bond acceptors (Lipinski definition) is 4. The van der Waals surface area contributed by atoms with Crippen LogP contribution in [0.15, 0.2) is 30.3 Å². The Morgan fingerprint density at radius 1 is 1.27 bits per heavy atom. The number of benzene rings is 2. The van der Waals surface area contributed by atoms with Crippen molar-refractivity contribution in [2.75, 3.05) is 0 Å². The second-order valence-electron chi connectivity index (χ2n) is 5.11. The van der Waals surface area contributed by atoms with Crippen molar-refractivity contribution in [2.45, 2.75) is 13.1 Å². The molecule has 1 unspecified atom stereocenters. The zero-order valence-corrected chi connectivity index (χ0v) is 15.2. The molecule has 0 fully saturated rings. The van der Waals surface area contributed by atoms with Crippen LogP contribution in [0.25, 0.3) is 0 Å². The topological polar surface area (TPSA) is 89.7 Å². The molecule has 0 aliphatic heterocycles. The third-order valence-electron chi connectivity index (χ3n) is 3.22. The summed E-state index contributed by atoms with van der Waals surface area (Å²) in [6.45, 7) is -3.25. The van der Waals surface area contributed by atoms with E-state index in [-0.39, 0.29) is 22.1 Å². The van der Waals surface area contributed by atoms with Gasteiger partial charge in [0, 0.05) is 11.6 Å². The maximum Gasteiger partial charge on any atom is 0.416 e. The van der Waals surface area contributed by atoms with Gasteiger partial charge in [0.15, 0.2) is 0 Å². The highest BCUT2D eigenvalue weighted by atomic mass is 35.7. The molecule has 0 saturated heterocycles.